The van der Waals surface area contributed by atoms with E-state index in [2.05, 4.69) is 60.4 Å². The van der Waals surface area contributed by atoms with Crippen LogP contribution in [0.5, 0.6) is 0 Å². The SMILES string of the molecule is C[C@H](N)c1ccccc1N1CCc2ccccc2CC1. The summed E-state index contributed by atoms with van der Waals surface area (Å²) in [5.74, 6) is 0. The molecule has 0 aliphatic carbocycles. The van der Waals surface area contributed by atoms with Crippen LogP contribution in [0.15, 0.2) is 48.5 Å². The van der Waals surface area contributed by atoms with Gasteiger partial charge in [0.2, 0.25) is 0 Å². The second kappa shape index (κ2) is 5.68. The molecule has 1 aliphatic rings. The Morgan fingerprint density at radius 1 is 0.900 bits per heavy atom. The first-order chi connectivity index (χ1) is 9.75. The van der Waals surface area contributed by atoms with Gasteiger partial charge >= 0.3 is 0 Å². The molecule has 2 aromatic rings. The summed E-state index contributed by atoms with van der Waals surface area (Å²) in [5.41, 5.74) is 11.7. The molecule has 1 heterocycles. The van der Waals surface area contributed by atoms with Gasteiger partial charge in [-0.25, -0.2) is 0 Å². The van der Waals surface area contributed by atoms with Gasteiger partial charge < -0.3 is 10.6 Å². The minimum absolute atomic E-state index is 0.0804. The maximum Gasteiger partial charge on any atom is 0.0414 e. The van der Waals surface area contributed by atoms with Gasteiger partial charge in [-0.3, -0.25) is 0 Å². The lowest BCUT2D eigenvalue weighted by Gasteiger charge is -2.26. The second-order valence-electron chi connectivity index (χ2n) is 5.60. The maximum atomic E-state index is 6.12. The fourth-order valence-electron chi connectivity index (χ4n) is 3.07. The zero-order valence-electron chi connectivity index (χ0n) is 12.0. The average molecular weight is 266 g/mol. The van der Waals surface area contributed by atoms with Crippen LogP contribution >= 0.6 is 0 Å². The summed E-state index contributed by atoms with van der Waals surface area (Å²) in [6, 6.07) is 17.4. The molecule has 1 atom stereocenters. The molecule has 3 rings (SSSR count). The summed E-state index contributed by atoms with van der Waals surface area (Å²) in [5, 5.41) is 0. The van der Waals surface area contributed by atoms with Gasteiger partial charge in [0, 0.05) is 24.8 Å². The van der Waals surface area contributed by atoms with E-state index in [1.165, 1.54) is 22.4 Å². The quantitative estimate of drug-likeness (QED) is 0.903. The number of nitrogens with two attached hydrogens (primary N) is 1. The Bertz CT molecular complexity index is 562. The first-order valence-corrected chi connectivity index (χ1v) is 7.42. The summed E-state index contributed by atoms with van der Waals surface area (Å²) in [4.78, 5) is 2.48. The first-order valence-electron chi connectivity index (χ1n) is 7.42. The minimum atomic E-state index is 0.0804. The topological polar surface area (TPSA) is 29.3 Å². The minimum Gasteiger partial charge on any atom is -0.371 e. The van der Waals surface area contributed by atoms with Crippen LogP contribution in [0.1, 0.15) is 29.7 Å². The number of anilines is 1. The van der Waals surface area contributed by atoms with Gasteiger partial charge in [-0.05, 0) is 42.5 Å². The Morgan fingerprint density at radius 3 is 2.05 bits per heavy atom. The second-order valence-corrected chi connectivity index (χ2v) is 5.60. The monoisotopic (exact) mass is 266 g/mol. The van der Waals surface area contributed by atoms with E-state index in [-0.39, 0.29) is 6.04 Å². The molecule has 104 valence electrons. The zero-order chi connectivity index (χ0) is 13.9. The van der Waals surface area contributed by atoms with Crippen molar-refractivity contribution in [3.8, 4) is 0 Å². The molecule has 0 amide bonds. The highest BCUT2D eigenvalue weighted by Gasteiger charge is 2.17. The van der Waals surface area contributed by atoms with Crippen molar-refractivity contribution in [1.82, 2.24) is 0 Å². The van der Waals surface area contributed by atoms with Crippen molar-refractivity contribution in [3.63, 3.8) is 0 Å². The zero-order valence-corrected chi connectivity index (χ0v) is 12.0. The highest BCUT2D eigenvalue weighted by Crippen LogP contribution is 2.27. The van der Waals surface area contributed by atoms with Crippen molar-refractivity contribution in [2.45, 2.75) is 25.8 Å². The Morgan fingerprint density at radius 2 is 1.45 bits per heavy atom. The van der Waals surface area contributed by atoms with Gasteiger partial charge in [0.1, 0.15) is 0 Å². The summed E-state index contributed by atoms with van der Waals surface area (Å²) in [6.45, 7) is 4.20. The third-order valence-electron chi connectivity index (χ3n) is 4.19. The van der Waals surface area contributed by atoms with Crippen LogP contribution in [0, 0.1) is 0 Å². The molecule has 0 spiro atoms. The van der Waals surface area contributed by atoms with E-state index >= 15 is 0 Å². The first kappa shape index (κ1) is 13.2. The van der Waals surface area contributed by atoms with E-state index in [9.17, 15) is 0 Å². The van der Waals surface area contributed by atoms with Crippen molar-refractivity contribution >= 4 is 5.69 Å². The normalized spacial score (nSPS) is 16.4. The number of nitrogens with zero attached hydrogens (tertiary/aromatic N) is 1. The number of hydrogen-bond acceptors (Lipinski definition) is 2. The molecular formula is C18H22N2. The summed E-state index contributed by atoms with van der Waals surface area (Å²) < 4.78 is 0. The van der Waals surface area contributed by atoms with Crippen LogP contribution in [-0.4, -0.2) is 13.1 Å². The highest BCUT2D eigenvalue weighted by molar-refractivity contribution is 5.55. The van der Waals surface area contributed by atoms with Crippen LogP contribution < -0.4 is 10.6 Å². The molecule has 2 N–H and O–H groups in total. The standard InChI is InChI=1S/C18H22N2/c1-14(19)17-8-4-5-9-18(17)20-12-10-15-6-2-3-7-16(15)11-13-20/h2-9,14H,10-13,19H2,1H3/t14-/m0/s1. The highest BCUT2D eigenvalue weighted by atomic mass is 15.1. The molecule has 0 fully saturated rings. The fraction of sp³-hybridized carbons (Fsp3) is 0.333. The van der Waals surface area contributed by atoms with Crippen LogP contribution in [0.2, 0.25) is 0 Å². The van der Waals surface area contributed by atoms with Gasteiger partial charge in [-0.15, -0.1) is 0 Å². The van der Waals surface area contributed by atoms with E-state index in [1.54, 1.807) is 0 Å². The molecule has 2 nitrogen and oxygen atoms in total. The Labute approximate surface area is 121 Å². The average Bonchev–Trinajstić information content (AvgIpc) is 2.70. The number of para-hydroxylation sites is 1. The third-order valence-corrected chi connectivity index (χ3v) is 4.19. The van der Waals surface area contributed by atoms with Gasteiger partial charge in [0.05, 0.1) is 0 Å². The van der Waals surface area contributed by atoms with E-state index in [0.717, 1.165) is 25.9 Å². The van der Waals surface area contributed by atoms with Gasteiger partial charge in [0.25, 0.3) is 0 Å². The van der Waals surface area contributed by atoms with Crippen molar-refractivity contribution in [2.24, 2.45) is 5.73 Å². The Hall–Kier alpha value is -1.80. The van der Waals surface area contributed by atoms with Crippen LogP contribution in [0.4, 0.5) is 5.69 Å². The Kier molecular flexibility index (Phi) is 3.75. The van der Waals surface area contributed by atoms with Crippen molar-refractivity contribution < 1.29 is 0 Å². The number of hydrogen-bond donors (Lipinski definition) is 1. The van der Waals surface area contributed by atoms with Gasteiger partial charge in [0.15, 0.2) is 0 Å². The lowest BCUT2D eigenvalue weighted by atomic mass is 10.0. The fourth-order valence-corrected chi connectivity index (χ4v) is 3.07. The Balaban J connectivity index is 1.87. The van der Waals surface area contributed by atoms with Crippen LogP contribution in [-0.2, 0) is 12.8 Å². The van der Waals surface area contributed by atoms with Gasteiger partial charge in [-0.1, -0.05) is 42.5 Å². The summed E-state index contributed by atoms with van der Waals surface area (Å²) >= 11 is 0. The molecule has 0 saturated heterocycles. The van der Waals surface area contributed by atoms with Crippen LogP contribution in [0.25, 0.3) is 0 Å². The molecule has 2 aromatic carbocycles. The van der Waals surface area contributed by atoms with Gasteiger partial charge in [-0.2, -0.15) is 0 Å². The van der Waals surface area contributed by atoms with E-state index in [1.807, 2.05) is 0 Å². The predicted octanol–water partition coefficient (Wildman–Crippen LogP) is 3.31. The summed E-state index contributed by atoms with van der Waals surface area (Å²) in [6.07, 6.45) is 2.23. The van der Waals surface area contributed by atoms with E-state index in [0.29, 0.717) is 0 Å². The van der Waals surface area contributed by atoms with Crippen molar-refractivity contribution in [1.29, 1.82) is 0 Å². The summed E-state index contributed by atoms with van der Waals surface area (Å²) in [7, 11) is 0. The molecule has 0 saturated carbocycles. The molecule has 1 aliphatic heterocycles. The number of rotatable bonds is 2. The molecule has 20 heavy (non-hydrogen) atoms. The van der Waals surface area contributed by atoms with Crippen LogP contribution in [0.3, 0.4) is 0 Å². The molecule has 0 radical (unpaired) electrons. The molecule has 0 unspecified atom stereocenters. The molecule has 0 aromatic heterocycles. The van der Waals surface area contributed by atoms with E-state index in [4.69, 9.17) is 5.73 Å². The molecule has 0 bridgehead atoms. The third kappa shape index (κ3) is 2.56. The predicted molar refractivity (Wildman–Crippen MR) is 85.1 cm³/mol. The number of fused-ring (bicyclic) bond motifs is 1. The lowest BCUT2D eigenvalue weighted by molar-refractivity contribution is 0.767. The van der Waals surface area contributed by atoms with E-state index < -0.39 is 0 Å². The largest absolute Gasteiger partial charge is 0.371 e. The van der Waals surface area contributed by atoms with Crippen molar-refractivity contribution in [3.05, 3.63) is 65.2 Å². The van der Waals surface area contributed by atoms with Crippen molar-refractivity contribution in [2.75, 3.05) is 18.0 Å². The maximum absolute atomic E-state index is 6.12. The smallest absolute Gasteiger partial charge is 0.0414 e. The molecular weight excluding hydrogens is 244 g/mol. The molecule has 2 heteroatoms. The number of benzene rings is 2. The lowest BCUT2D eigenvalue weighted by Crippen LogP contribution is -2.28.